The minimum absolute atomic E-state index is 0.874. The lowest BCUT2D eigenvalue weighted by atomic mass is 9.93. The van der Waals surface area contributed by atoms with Gasteiger partial charge in [-0.2, -0.15) is 0 Å². The van der Waals surface area contributed by atoms with E-state index < -0.39 is 0 Å². The normalized spacial score (nSPS) is 37.9. The Morgan fingerprint density at radius 2 is 1.47 bits per heavy atom. The third kappa shape index (κ3) is 2.39. The molecule has 0 spiro atoms. The smallest absolute Gasteiger partial charge is 0.0260 e. The van der Waals surface area contributed by atoms with E-state index in [1.165, 1.54) is 70.9 Å². The van der Waals surface area contributed by atoms with Crippen molar-refractivity contribution < 1.29 is 0 Å². The molecule has 0 aromatic carbocycles. The van der Waals surface area contributed by atoms with Crippen LogP contribution in [0.5, 0.6) is 0 Å². The molecule has 0 radical (unpaired) electrons. The third-order valence-corrected chi connectivity index (χ3v) is 5.42. The van der Waals surface area contributed by atoms with Gasteiger partial charge in [0.1, 0.15) is 0 Å². The van der Waals surface area contributed by atoms with Gasteiger partial charge in [-0.25, -0.2) is 0 Å². The van der Waals surface area contributed by atoms with Crippen LogP contribution in [0.25, 0.3) is 0 Å². The van der Waals surface area contributed by atoms with Crippen molar-refractivity contribution in [2.75, 3.05) is 20.1 Å². The van der Waals surface area contributed by atoms with Crippen molar-refractivity contribution in [3.63, 3.8) is 0 Å². The average molecular weight is 236 g/mol. The summed E-state index contributed by atoms with van der Waals surface area (Å²) in [7, 11) is 2.35. The molecule has 17 heavy (non-hydrogen) atoms. The van der Waals surface area contributed by atoms with E-state index in [4.69, 9.17) is 0 Å². The number of rotatable bonds is 1. The van der Waals surface area contributed by atoms with Gasteiger partial charge in [0.15, 0.2) is 0 Å². The Labute approximate surface area is 106 Å². The van der Waals surface area contributed by atoms with Crippen LogP contribution >= 0.6 is 0 Å². The molecule has 2 atom stereocenters. The maximum absolute atomic E-state index is 2.91. The van der Waals surface area contributed by atoms with Gasteiger partial charge in [-0.05, 0) is 45.7 Å². The minimum atomic E-state index is 0.874. The van der Waals surface area contributed by atoms with Crippen molar-refractivity contribution in [2.24, 2.45) is 0 Å². The van der Waals surface area contributed by atoms with Crippen molar-refractivity contribution in [1.82, 2.24) is 9.80 Å². The van der Waals surface area contributed by atoms with Crippen molar-refractivity contribution in [3.8, 4) is 0 Å². The highest BCUT2D eigenvalue weighted by Crippen LogP contribution is 2.34. The molecule has 3 rings (SSSR count). The Morgan fingerprint density at radius 1 is 0.706 bits per heavy atom. The molecule has 3 aliphatic rings. The molecule has 0 N–H and O–H groups in total. The Morgan fingerprint density at radius 3 is 2.29 bits per heavy atom. The van der Waals surface area contributed by atoms with E-state index in [2.05, 4.69) is 16.8 Å². The monoisotopic (exact) mass is 236 g/mol. The van der Waals surface area contributed by atoms with Gasteiger partial charge >= 0.3 is 0 Å². The zero-order valence-corrected chi connectivity index (χ0v) is 11.4. The fourth-order valence-corrected chi connectivity index (χ4v) is 4.48. The molecule has 0 amide bonds. The van der Waals surface area contributed by atoms with Crippen LogP contribution < -0.4 is 0 Å². The molecular weight excluding hydrogens is 208 g/mol. The highest BCUT2D eigenvalue weighted by atomic mass is 15.3. The summed E-state index contributed by atoms with van der Waals surface area (Å²) in [6.45, 7) is 2.71. The Hall–Kier alpha value is -0.0800. The number of fused-ring (bicyclic) bond motifs is 1. The van der Waals surface area contributed by atoms with Crippen LogP contribution in [0.3, 0.4) is 0 Å². The average Bonchev–Trinajstić information content (AvgIpc) is 2.71. The molecule has 0 aromatic heterocycles. The number of likely N-dealkylation sites (N-methyl/N-ethyl adjacent to an activating group) is 1. The van der Waals surface area contributed by atoms with Crippen LogP contribution in [0.15, 0.2) is 0 Å². The van der Waals surface area contributed by atoms with E-state index in [0.717, 1.165) is 18.1 Å². The van der Waals surface area contributed by atoms with E-state index in [9.17, 15) is 0 Å². The van der Waals surface area contributed by atoms with Crippen molar-refractivity contribution >= 4 is 0 Å². The predicted octanol–water partition coefficient (Wildman–Crippen LogP) is 2.88. The largest absolute Gasteiger partial charge is 0.302 e. The summed E-state index contributed by atoms with van der Waals surface area (Å²) in [5.74, 6) is 0. The van der Waals surface area contributed by atoms with Crippen LogP contribution in [-0.4, -0.2) is 48.1 Å². The van der Waals surface area contributed by atoms with Crippen LogP contribution in [0.2, 0.25) is 0 Å². The molecule has 0 bridgehead atoms. The molecule has 0 unspecified atom stereocenters. The lowest BCUT2D eigenvalue weighted by molar-refractivity contribution is 0.111. The number of likely N-dealkylation sites (tertiary alicyclic amines) is 2. The second kappa shape index (κ2) is 5.27. The molecule has 2 heteroatoms. The molecule has 0 aromatic rings. The summed E-state index contributed by atoms with van der Waals surface area (Å²) in [5, 5.41) is 0. The van der Waals surface area contributed by atoms with Gasteiger partial charge in [-0.1, -0.05) is 25.7 Å². The first-order valence-corrected chi connectivity index (χ1v) is 7.82. The fourth-order valence-electron chi connectivity index (χ4n) is 4.48. The van der Waals surface area contributed by atoms with Crippen molar-refractivity contribution in [3.05, 3.63) is 0 Å². The van der Waals surface area contributed by atoms with Crippen molar-refractivity contribution in [2.45, 2.75) is 75.9 Å². The third-order valence-electron chi connectivity index (χ3n) is 5.42. The summed E-state index contributed by atoms with van der Waals surface area (Å²) in [6, 6.07) is 2.70. The first-order valence-electron chi connectivity index (χ1n) is 7.82. The topological polar surface area (TPSA) is 6.48 Å². The standard InChI is InChI=1S/C15H28N2/c1-16-11-6-5-9-15-14(16)10-12-17(15)13-7-3-2-4-8-13/h13-15H,2-12H2,1H3/t14-,15-/m1/s1. The Balaban J connectivity index is 1.69. The van der Waals surface area contributed by atoms with Crippen LogP contribution in [0, 0.1) is 0 Å². The second-order valence-corrected chi connectivity index (χ2v) is 6.43. The summed E-state index contributed by atoms with van der Waals surface area (Å²) in [4.78, 5) is 5.56. The zero-order chi connectivity index (χ0) is 11.7. The van der Waals surface area contributed by atoms with Gasteiger partial charge < -0.3 is 4.90 Å². The number of nitrogens with zero attached hydrogens (tertiary/aromatic N) is 2. The lowest BCUT2D eigenvalue weighted by Gasteiger charge is -2.37. The molecule has 1 aliphatic carbocycles. The van der Waals surface area contributed by atoms with Crippen molar-refractivity contribution in [1.29, 1.82) is 0 Å². The highest BCUT2D eigenvalue weighted by molar-refractivity contribution is 4.97. The summed E-state index contributed by atoms with van der Waals surface area (Å²) < 4.78 is 0. The predicted molar refractivity (Wildman–Crippen MR) is 72.3 cm³/mol. The molecule has 3 fully saturated rings. The zero-order valence-electron chi connectivity index (χ0n) is 11.4. The second-order valence-electron chi connectivity index (χ2n) is 6.43. The van der Waals surface area contributed by atoms with Gasteiger partial charge in [0.25, 0.3) is 0 Å². The van der Waals surface area contributed by atoms with Gasteiger partial charge in [0, 0.05) is 24.7 Å². The van der Waals surface area contributed by atoms with Crippen LogP contribution in [-0.2, 0) is 0 Å². The first kappa shape index (κ1) is 12.0. The van der Waals surface area contributed by atoms with Gasteiger partial charge in [-0.3, -0.25) is 4.90 Å². The Kier molecular flexibility index (Phi) is 3.72. The number of hydrogen-bond donors (Lipinski definition) is 0. The SMILES string of the molecule is CN1CCCC[C@@H]2[C@H]1CCN2C1CCCCC1. The minimum Gasteiger partial charge on any atom is -0.302 e. The maximum atomic E-state index is 2.91. The molecule has 2 nitrogen and oxygen atoms in total. The molecular formula is C15H28N2. The Bertz CT molecular complexity index is 247. The highest BCUT2D eigenvalue weighted by Gasteiger charge is 2.40. The lowest BCUT2D eigenvalue weighted by Crippen LogP contribution is -2.46. The van der Waals surface area contributed by atoms with Gasteiger partial charge in [-0.15, -0.1) is 0 Å². The fraction of sp³-hybridized carbons (Fsp3) is 1.00. The quantitative estimate of drug-likeness (QED) is 0.691. The maximum Gasteiger partial charge on any atom is 0.0260 e. The summed E-state index contributed by atoms with van der Waals surface area (Å²) >= 11 is 0. The number of hydrogen-bond acceptors (Lipinski definition) is 2. The van der Waals surface area contributed by atoms with E-state index in [1.54, 1.807) is 0 Å². The molecule has 98 valence electrons. The molecule has 1 saturated carbocycles. The van der Waals surface area contributed by atoms with E-state index in [0.29, 0.717) is 0 Å². The van der Waals surface area contributed by atoms with Gasteiger partial charge in [0.2, 0.25) is 0 Å². The van der Waals surface area contributed by atoms with E-state index in [-0.39, 0.29) is 0 Å². The van der Waals surface area contributed by atoms with Gasteiger partial charge in [0.05, 0.1) is 0 Å². The summed E-state index contributed by atoms with van der Waals surface area (Å²) in [5.41, 5.74) is 0. The first-order chi connectivity index (χ1) is 8.36. The molecule has 2 aliphatic heterocycles. The molecule has 2 saturated heterocycles. The van der Waals surface area contributed by atoms with Crippen LogP contribution in [0.4, 0.5) is 0 Å². The summed E-state index contributed by atoms with van der Waals surface area (Å²) in [6.07, 6.45) is 13.2. The van der Waals surface area contributed by atoms with Crippen LogP contribution in [0.1, 0.15) is 57.8 Å². The van der Waals surface area contributed by atoms with E-state index >= 15 is 0 Å². The molecule has 2 heterocycles. The van der Waals surface area contributed by atoms with E-state index in [1.807, 2.05) is 0 Å².